The highest BCUT2D eigenvalue weighted by Gasteiger charge is 2.16. The standard InChI is InChI=1S/C13H14ClN5O3/c1-8(15-12-5-6-18(2)17-12)13(20)16-11-4-3-9(19(21)22)7-10(11)14/h3-8H,1-2H3,(H,15,17)(H,16,20). The van der Waals surface area contributed by atoms with E-state index in [0.717, 1.165) is 0 Å². The number of hydrogen-bond acceptors (Lipinski definition) is 5. The predicted molar refractivity (Wildman–Crippen MR) is 83.0 cm³/mol. The van der Waals surface area contributed by atoms with Crippen molar-refractivity contribution in [3.63, 3.8) is 0 Å². The lowest BCUT2D eigenvalue weighted by Gasteiger charge is -2.14. The summed E-state index contributed by atoms with van der Waals surface area (Å²) in [4.78, 5) is 22.2. The first kappa shape index (κ1) is 15.8. The number of nitro groups is 1. The fourth-order valence-electron chi connectivity index (χ4n) is 1.74. The highest BCUT2D eigenvalue weighted by molar-refractivity contribution is 6.34. The van der Waals surface area contributed by atoms with E-state index in [1.807, 2.05) is 0 Å². The molecule has 1 atom stereocenters. The van der Waals surface area contributed by atoms with Crippen molar-refractivity contribution >= 4 is 34.7 Å². The maximum absolute atomic E-state index is 12.1. The lowest BCUT2D eigenvalue weighted by Crippen LogP contribution is -2.32. The Labute approximate surface area is 131 Å². The number of nitro benzene ring substituents is 1. The van der Waals surface area contributed by atoms with Crippen LogP contribution in [-0.2, 0) is 11.8 Å². The Morgan fingerprint density at radius 1 is 1.45 bits per heavy atom. The highest BCUT2D eigenvalue weighted by Crippen LogP contribution is 2.26. The Morgan fingerprint density at radius 2 is 2.18 bits per heavy atom. The number of aryl methyl sites for hydroxylation is 1. The first-order valence-corrected chi connectivity index (χ1v) is 6.75. The molecule has 1 aromatic heterocycles. The topological polar surface area (TPSA) is 102 Å². The van der Waals surface area contributed by atoms with Crippen LogP contribution in [0.5, 0.6) is 0 Å². The second-order valence-electron chi connectivity index (χ2n) is 4.65. The number of aromatic nitrogens is 2. The molecule has 1 heterocycles. The van der Waals surface area contributed by atoms with E-state index in [1.54, 1.807) is 30.9 Å². The molecule has 9 heteroatoms. The van der Waals surface area contributed by atoms with Gasteiger partial charge in [0.1, 0.15) is 11.9 Å². The van der Waals surface area contributed by atoms with E-state index in [4.69, 9.17) is 11.6 Å². The van der Waals surface area contributed by atoms with Gasteiger partial charge < -0.3 is 10.6 Å². The molecule has 116 valence electrons. The van der Waals surface area contributed by atoms with Crippen LogP contribution in [0.3, 0.4) is 0 Å². The van der Waals surface area contributed by atoms with Crippen molar-refractivity contribution in [2.45, 2.75) is 13.0 Å². The Balaban J connectivity index is 2.03. The lowest BCUT2D eigenvalue weighted by molar-refractivity contribution is -0.384. The molecule has 8 nitrogen and oxygen atoms in total. The van der Waals surface area contributed by atoms with Gasteiger partial charge in [0.25, 0.3) is 5.69 Å². The molecule has 2 aromatic rings. The first-order valence-electron chi connectivity index (χ1n) is 6.38. The van der Waals surface area contributed by atoms with Crippen molar-refractivity contribution in [3.8, 4) is 0 Å². The van der Waals surface area contributed by atoms with Crippen molar-refractivity contribution in [1.82, 2.24) is 9.78 Å². The number of rotatable bonds is 5. The van der Waals surface area contributed by atoms with E-state index < -0.39 is 11.0 Å². The lowest BCUT2D eigenvalue weighted by atomic mass is 10.2. The predicted octanol–water partition coefficient (Wildman–Crippen LogP) is 2.42. The van der Waals surface area contributed by atoms with Gasteiger partial charge in [-0.3, -0.25) is 19.6 Å². The number of hydrogen-bond donors (Lipinski definition) is 2. The van der Waals surface area contributed by atoms with Gasteiger partial charge >= 0.3 is 0 Å². The number of carbonyl (C=O) groups is 1. The van der Waals surface area contributed by atoms with Gasteiger partial charge in [0, 0.05) is 31.4 Å². The Hall–Kier alpha value is -2.61. The zero-order valence-electron chi connectivity index (χ0n) is 11.9. The molecule has 0 aliphatic carbocycles. The van der Waals surface area contributed by atoms with Gasteiger partial charge in [-0.25, -0.2) is 0 Å². The van der Waals surface area contributed by atoms with Crippen LogP contribution >= 0.6 is 11.6 Å². The molecule has 22 heavy (non-hydrogen) atoms. The Bertz CT molecular complexity index is 715. The number of non-ortho nitro benzene ring substituents is 1. The van der Waals surface area contributed by atoms with Crippen LogP contribution in [0.15, 0.2) is 30.5 Å². The summed E-state index contributed by atoms with van der Waals surface area (Å²) in [5, 5.41) is 20.4. The number of nitrogens with zero attached hydrogens (tertiary/aromatic N) is 3. The van der Waals surface area contributed by atoms with Crippen LogP contribution < -0.4 is 10.6 Å². The molecule has 0 aliphatic rings. The summed E-state index contributed by atoms with van der Waals surface area (Å²) in [6, 6.07) is 5.04. The van der Waals surface area contributed by atoms with Gasteiger partial charge in [0.2, 0.25) is 5.91 Å². The molecule has 2 rings (SSSR count). The van der Waals surface area contributed by atoms with Crippen molar-refractivity contribution in [2.75, 3.05) is 10.6 Å². The summed E-state index contributed by atoms with van der Waals surface area (Å²) in [6.07, 6.45) is 1.75. The normalized spacial score (nSPS) is 11.8. The van der Waals surface area contributed by atoms with Crippen LogP contribution in [0.2, 0.25) is 5.02 Å². The average Bonchev–Trinajstić information content (AvgIpc) is 2.85. The van der Waals surface area contributed by atoms with E-state index in [0.29, 0.717) is 11.5 Å². The van der Waals surface area contributed by atoms with Crippen LogP contribution in [-0.4, -0.2) is 26.7 Å². The Morgan fingerprint density at radius 3 is 2.73 bits per heavy atom. The van der Waals surface area contributed by atoms with Gasteiger partial charge in [0.15, 0.2) is 0 Å². The maximum Gasteiger partial charge on any atom is 0.271 e. The molecule has 2 N–H and O–H groups in total. The van der Waals surface area contributed by atoms with E-state index >= 15 is 0 Å². The number of nitrogens with one attached hydrogen (secondary N) is 2. The van der Waals surface area contributed by atoms with Crippen molar-refractivity contribution in [3.05, 3.63) is 45.6 Å². The van der Waals surface area contributed by atoms with E-state index in [9.17, 15) is 14.9 Å². The fourth-order valence-corrected chi connectivity index (χ4v) is 1.96. The van der Waals surface area contributed by atoms with Crippen molar-refractivity contribution in [2.24, 2.45) is 7.05 Å². The van der Waals surface area contributed by atoms with Crippen LogP contribution in [0.4, 0.5) is 17.2 Å². The summed E-state index contributed by atoms with van der Waals surface area (Å²) in [6.45, 7) is 1.67. The van der Waals surface area contributed by atoms with E-state index in [-0.39, 0.29) is 16.6 Å². The van der Waals surface area contributed by atoms with Crippen LogP contribution in [0.25, 0.3) is 0 Å². The molecule has 1 amide bonds. The van der Waals surface area contributed by atoms with Gasteiger partial charge in [0.05, 0.1) is 15.6 Å². The molecule has 0 fully saturated rings. The highest BCUT2D eigenvalue weighted by atomic mass is 35.5. The summed E-state index contributed by atoms with van der Waals surface area (Å²) in [5.41, 5.74) is 0.176. The maximum atomic E-state index is 12.1. The number of carbonyl (C=O) groups excluding carboxylic acids is 1. The van der Waals surface area contributed by atoms with Gasteiger partial charge in [-0.15, -0.1) is 0 Å². The summed E-state index contributed by atoms with van der Waals surface area (Å²) < 4.78 is 1.61. The van der Waals surface area contributed by atoms with E-state index in [2.05, 4.69) is 15.7 Å². The number of anilines is 2. The molecule has 0 spiro atoms. The molecule has 0 radical (unpaired) electrons. The minimum atomic E-state index is -0.554. The fraction of sp³-hybridized carbons (Fsp3) is 0.231. The van der Waals surface area contributed by atoms with Gasteiger partial charge in [-0.2, -0.15) is 5.10 Å². The van der Waals surface area contributed by atoms with Gasteiger partial charge in [-0.1, -0.05) is 11.6 Å². The first-order chi connectivity index (χ1) is 10.4. The molecule has 0 aliphatic heterocycles. The Kier molecular flexibility index (Phi) is 4.62. The molecule has 0 saturated heterocycles. The second-order valence-corrected chi connectivity index (χ2v) is 5.06. The third-order valence-electron chi connectivity index (χ3n) is 2.89. The summed E-state index contributed by atoms with van der Waals surface area (Å²) in [5.74, 6) is 0.237. The number of halogens is 1. The molecule has 1 aromatic carbocycles. The molecule has 0 bridgehead atoms. The summed E-state index contributed by atoms with van der Waals surface area (Å²) in [7, 11) is 1.77. The smallest absolute Gasteiger partial charge is 0.271 e. The number of benzene rings is 1. The molecule has 1 unspecified atom stereocenters. The largest absolute Gasteiger partial charge is 0.357 e. The minimum absolute atomic E-state index is 0.104. The summed E-state index contributed by atoms with van der Waals surface area (Å²) >= 11 is 5.93. The average molecular weight is 324 g/mol. The van der Waals surface area contributed by atoms with E-state index in [1.165, 1.54) is 18.2 Å². The quantitative estimate of drug-likeness (QED) is 0.650. The molecular formula is C13H14ClN5O3. The van der Waals surface area contributed by atoms with Crippen molar-refractivity contribution < 1.29 is 9.72 Å². The monoisotopic (exact) mass is 323 g/mol. The van der Waals surface area contributed by atoms with Crippen molar-refractivity contribution in [1.29, 1.82) is 0 Å². The molecule has 0 saturated carbocycles. The zero-order valence-corrected chi connectivity index (χ0v) is 12.7. The number of amides is 1. The zero-order chi connectivity index (χ0) is 16.3. The third-order valence-corrected chi connectivity index (χ3v) is 3.21. The van der Waals surface area contributed by atoms with Crippen LogP contribution in [0.1, 0.15) is 6.92 Å². The third kappa shape index (κ3) is 3.73. The minimum Gasteiger partial charge on any atom is -0.357 e. The second kappa shape index (κ2) is 6.44. The SMILES string of the molecule is CC(Nc1ccn(C)n1)C(=O)Nc1ccc([N+](=O)[O-])cc1Cl. The molecular weight excluding hydrogens is 310 g/mol. The van der Waals surface area contributed by atoms with Gasteiger partial charge in [-0.05, 0) is 13.0 Å². The van der Waals surface area contributed by atoms with Crippen LogP contribution in [0, 0.1) is 10.1 Å².